The van der Waals surface area contributed by atoms with Crippen LogP contribution in [-0.4, -0.2) is 20.4 Å². The fourth-order valence-corrected chi connectivity index (χ4v) is 3.53. The molecule has 1 N–H and O–H groups in total. The number of aromatic nitrogens is 3. The Morgan fingerprint density at radius 1 is 1.08 bits per heavy atom. The summed E-state index contributed by atoms with van der Waals surface area (Å²) in [5, 5.41) is 11.8. The topological polar surface area (TPSA) is 92.8 Å². The van der Waals surface area contributed by atoms with E-state index in [0.29, 0.717) is 12.1 Å². The van der Waals surface area contributed by atoms with Crippen LogP contribution in [0.3, 0.4) is 0 Å². The quantitative estimate of drug-likeness (QED) is 0.369. The minimum Gasteiger partial charge on any atom is -0.456 e. The maximum Gasteiger partial charge on any atom is 0.416 e. The van der Waals surface area contributed by atoms with Crippen LogP contribution in [0.2, 0.25) is 0 Å². The van der Waals surface area contributed by atoms with Gasteiger partial charge in [-0.25, -0.2) is 4.98 Å². The van der Waals surface area contributed by atoms with Gasteiger partial charge in [0.2, 0.25) is 0 Å². The van der Waals surface area contributed by atoms with Gasteiger partial charge in [0.25, 0.3) is 5.91 Å². The van der Waals surface area contributed by atoms with Crippen molar-refractivity contribution in [1.82, 2.24) is 19.9 Å². The molecule has 4 aromatic rings. The molecular weight excluding hydrogens is 471 g/mol. The zero-order chi connectivity index (χ0) is 25.7. The number of carbonyl (C=O) groups is 1. The number of carbonyl (C=O) groups excluding carboxylic acids is 1. The largest absolute Gasteiger partial charge is 0.456 e. The van der Waals surface area contributed by atoms with Crippen molar-refractivity contribution in [1.29, 1.82) is 5.26 Å². The summed E-state index contributed by atoms with van der Waals surface area (Å²) in [7, 11) is 0. The fourth-order valence-electron chi connectivity index (χ4n) is 3.53. The molecule has 36 heavy (non-hydrogen) atoms. The smallest absolute Gasteiger partial charge is 0.416 e. The molecule has 4 rings (SSSR count). The third kappa shape index (κ3) is 5.88. The Hall–Kier alpha value is -4.65. The maximum atomic E-state index is 13.0. The lowest BCUT2D eigenvalue weighted by Gasteiger charge is -2.17. The summed E-state index contributed by atoms with van der Waals surface area (Å²) in [6.45, 7) is 2.31. The number of nitrogens with one attached hydrogen (secondary N) is 1. The monoisotopic (exact) mass is 491 g/mol. The highest BCUT2D eigenvalue weighted by Gasteiger charge is 2.30. The Labute approximate surface area is 204 Å². The minimum absolute atomic E-state index is 0.0238. The van der Waals surface area contributed by atoms with Crippen LogP contribution in [0.4, 0.5) is 13.2 Å². The summed E-state index contributed by atoms with van der Waals surface area (Å²) in [5.74, 6) is -0.333. The lowest BCUT2D eigenvalue weighted by molar-refractivity contribution is -0.137. The average molecular weight is 491 g/mol. The van der Waals surface area contributed by atoms with Gasteiger partial charge in [0, 0.05) is 12.7 Å². The fraction of sp³-hybridized carbons (Fsp3) is 0.154. The second-order valence-electron chi connectivity index (χ2n) is 7.99. The normalized spacial score (nSPS) is 12.0. The van der Waals surface area contributed by atoms with Crippen molar-refractivity contribution in [2.24, 2.45) is 0 Å². The highest BCUT2D eigenvalue weighted by molar-refractivity contribution is 5.94. The van der Waals surface area contributed by atoms with Gasteiger partial charge in [-0.05, 0) is 48.9 Å². The molecule has 0 bridgehead atoms. The van der Waals surface area contributed by atoms with E-state index >= 15 is 0 Å². The number of halogens is 3. The molecule has 7 nitrogen and oxygen atoms in total. The third-order valence-electron chi connectivity index (χ3n) is 5.34. The molecule has 2 aromatic heterocycles. The number of alkyl halides is 3. The van der Waals surface area contributed by atoms with E-state index in [2.05, 4.69) is 21.4 Å². The molecule has 0 saturated heterocycles. The summed E-state index contributed by atoms with van der Waals surface area (Å²) in [6, 6.07) is 14.7. The van der Waals surface area contributed by atoms with Crippen molar-refractivity contribution in [3.63, 3.8) is 0 Å². The Kier molecular flexibility index (Phi) is 7.01. The summed E-state index contributed by atoms with van der Waals surface area (Å²) >= 11 is 0. The van der Waals surface area contributed by atoms with Crippen LogP contribution in [0.5, 0.6) is 11.5 Å². The van der Waals surface area contributed by atoms with E-state index in [4.69, 9.17) is 10.00 Å². The first-order valence-corrected chi connectivity index (χ1v) is 10.8. The van der Waals surface area contributed by atoms with Crippen LogP contribution in [0.1, 0.15) is 45.7 Å². The first kappa shape index (κ1) is 24.5. The maximum absolute atomic E-state index is 13.0. The number of hydrogen-bond donors (Lipinski definition) is 1. The Balaban J connectivity index is 1.44. The van der Waals surface area contributed by atoms with Crippen LogP contribution in [-0.2, 0) is 12.7 Å². The van der Waals surface area contributed by atoms with Crippen molar-refractivity contribution in [3.8, 4) is 17.6 Å². The predicted molar refractivity (Wildman–Crippen MR) is 124 cm³/mol. The van der Waals surface area contributed by atoms with Crippen molar-refractivity contribution in [2.45, 2.75) is 25.7 Å². The number of benzene rings is 2. The van der Waals surface area contributed by atoms with Crippen LogP contribution in [0.25, 0.3) is 0 Å². The highest BCUT2D eigenvalue weighted by atomic mass is 19.4. The van der Waals surface area contributed by atoms with Gasteiger partial charge in [0.05, 0.1) is 53.2 Å². The van der Waals surface area contributed by atoms with E-state index in [1.165, 1.54) is 30.6 Å². The van der Waals surface area contributed by atoms with E-state index in [-0.39, 0.29) is 17.1 Å². The molecule has 2 aromatic carbocycles. The van der Waals surface area contributed by atoms with Gasteiger partial charge in [0.1, 0.15) is 11.5 Å². The molecule has 10 heteroatoms. The van der Waals surface area contributed by atoms with E-state index in [1.807, 2.05) is 16.7 Å². The molecule has 0 spiro atoms. The molecule has 1 atom stereocenters. The van der Waals surface area contributed by atoms with E-state index in [9.17, 15) is 18.0 Å². The molecule has 1 amide bonds. The average Bonchev–Trinajstić information content (AvgIpc) is 3.32. The van der Waals surface area contributed by atoms with E-state index < -0.39 is 23.7 Å². The Morgan fingerprint density at radius 3 is 2.58 bits per heavy atom. The Bertz CT molecular complexity index is 1410. The molecule has 0 radical (unpaired) electrons. The first-order chi connectivity index (χ1) is 17.2. The molecule has 0 aliphatic rings. The van der Waals surface area contributed by atoms with Crippen molar-refractivity contribution < 1.29 is 22.7 Å². The SMILES string of the molecule is CC(NC(=O)c1cncc(Oc2cccc(C(F)(F)F)c2)c1)c1cncn1Cc1ccc(C#N)cc1. The van der Waals surface area contributed by atoms with Gasteiger partial charge < -0.3 is 14.6 Å². The van der Waals surface area contributed by atoms with Gasteiger partial charge in [-0.2, -0.15) is 18.4 Å². The van der Waals surface area contributed by atoms with Crippen LogP contribution >= 0.6 is 0 Å². The number of hydrogen-bond acceptors (Lipinski definition) is 5. The minimum atomic E-state index is -4.50. The number of ether oxygens (including phenoxy) is 1. The van der Waals surface area contributed by atoms with Crippen LogP contribution in [0, 0.1) is 11.3 Å². The number of amides is 1. The highest BCUT2D eigenvalue weighted by Crippen LogP contribution is 2.32. The van der Waals surface area contributed by atoms with Crippen molar-refractivity contribution in [2.75, 3.05) is 0 Å². The summed E-state index contributed by atoms with van der Waals surface area (Å²) in [6.07, 6.45) is 1.46. The van der Waals surface area contributed by atoms with Crippen LogP contribution in [0.15, 0.2) is 79.5 Å². The molecular formula is C26H20F3N5O2. The number of rotatable bonds is 7. The van der Waals surface area contributed by atoms with Crippen molar-refractivity contribution in [3.05, 3.63) is 107 Å². The second-order valence-corrected chi connectivity index (χ2v) is 7.99. The van der Waals surface area contributed by atoms with Gasteiger partial charge in [-0.3, -0.25) is 9.78 Å². The summed E-state index contributed by atoms with van der Waals surface area (Å²) in [4.78, 5) is 21.0. The molecule has 2 heterocycles. The van der Waals surface area contributed by atoms with E-state index in [1.54, 1.807) is 31.6 Å². The molecule has 1 unspecified atom stereocenters. The van der Waals surface area contributed by atoms with Gasteiger partial charge in [0.15, 0.2) is 0 Å². The zero-order valence-electron chi connectivity index (χ0n) is 19.0. The molecule has 0 aliphatic heterocycles. The molecule has 0 aliphatic carbocycles. The van der Waals surface area contributed by atoms with Gasteiger partial charge in [-0.15, -0.1) is 0 Å². The second kappa shape index (κ2) is 10.3. The molecule has 0 saturated carbocycles. The Morgan fingerprint density at radius 2 is 1.86 bits per heavy atom. The number of nitriles is 1. The van der Waals surface area contributed by atoms with E-state index in [0.717, 1.165) is 23.4 Å². The first-order valence-electron chi connectivity index (χ1n) is 10.8. The predicted octanol–water partition coefficient (Wildman–Crippen LogP) is 5.50. The number of pyridine rings is 1. The standard InChI is InChI=1S/C26H20F3N5O2/c1-17(24-14-32-16-34(24)15-19-7-5-18(11-30)6-8-19)33-25(35)20-9-23(13-31-12-20)36-22-4-2-3-21(10-22)26(27,28)29/h2-10,12-14,16-17H,15H2,1H3,(H,33,35). The van der Waals surface area contributed by atoms with Gasteiger partial charge >= 0.3 is 6.18 Å². The summed E-state index contributed by atoms with van der Waals surface area (Å²) in [5.41, 5.74) is 1.64. The number of imidazole rings is 1. The lowest BCUT2D eigenvalue weighted by atomic mass is 10.1. The third-order valence-corrected chi connectivity index (χ3v) is 5.34. The number of nitrogens with zero attached hydrogens (tertiary/aromatic N) is 4. The van der Waals surface area contributed by atoms with Crippen LogP contribution < -0.4 is 10.1 Å². The molecule has 182 valence electrons. The van der Waals surface area contributed by atoms with Crippen molar-refractivity contribution >= 4 is 5.91 Å². The summed E-state index contributed by atoms with van der Waals surface area (Å²) < 4.78 is 46.3. The molecule has 0 fully saturated rings. The zero-order valence-corrected chi connectivity index (χ0v) is 19.0. The van der Waals surface area contributed by atoms with Gasteiger partial charge in [-0.1, -0.05) is 18.2 Å². The lowest BCUT2D eigenvalue weighted by Crippen LogP contribution is -2.28.